The van der Waals surface area contributed by atoms with Crippen LogP contribution >= 0.6 is 0 Å². The van der Waals surface area contributed by atoms with E-state index in [0.29, 0.717) is 30.5 Å². The van der Waals surface area contributed by atoms with Gasteiger partial charge in [-0.05, 0) is 36.1 Å². The third-order valence-electron chi connectivity index (χ3n) is 6.56. The Morgan fingerprint density at radius 2 is 1.73 bits per heavy atom. The average Bonchev–Trinajstić information content (AvgIpc) is 3.27. The van der Waals surface area contributed by atoms with Gasteiger partial charge in [0.05, 0.1) is 17.9 Å². The first-order chi connectivity index (χ1) is 16.0. The highest BCUT2D eigenvalue weighted by Gasteiger charge is 2.39. The third-order valence-corrected chi connectivity index (χ3v) is 6.56. The van der Waals surface area contributed by atoms with Crippen molar-refractivity contribution in [2.45, 2.75) is 50.2 Å². The molecule has 2 amide bonds. The van der Waals surface area contributed by atoms with Crippen LogP contribution in [-0.2, 0) is 9.63 Å². The van der Waals surface area contributed by atoms with Crippen LogP contribution in [0.3, 0.4) is 0 Å². The Morgan fingerprint density at radius 1 is 1.06 bits per heavy atom. The Hall–Kier alpha value is -3.19. The highest BCUT2D eigenvalue weighted by molar-refractivity contribution is 6.05. The molecule has 7 nitrogen and oxygen atoms in total. The molecule has 2 fully saturated rings. The summed E-state index contributed by atoms with van der Waals surface area (Å²) in [6, 6.07) is 16.7. The largest absolute Gasteiger partial charge is 0.399 e. The highest BCUT2D eigenvalue weighted by atomic mass is 16.6. The van der Waals surface area contributed by atoms with Crippen molar-refractivity contribution in [3.05, 3.63) is 60.2 Å². The molecule has 0 bridgehead atoms. The van der Waals surface area contributed by atoms with Gasteiger partial charge in [0.1, 0.15) is 13.2 Å². The molecular weight excluding hydrogens is 418 g/mol. The molecule has 2 aromatic rings. The second-order valence-electron chi connectivity index (χ2n) is 8.94. The zero-order valence-corrected chi connectivity index (χ0v) is 19.0. The predicted octanol–water partition coefficient (Wildman–Crippen LogP) is 3.38. The minimum atomic E-state index is -0.863. The van der Waals surface area contributed by atoms with E-state index in [1.165, 1.54) is 12.0 Å². The van der Waals surface area contributed by atoms with Crippen molar-refractivity contribution in [3.63, 3.8) is 0 Å². The average molecular weight is 450 g/mol. The van der Waals surface area contributed by atoms with Gasteiger partial charge < -0.3 is 20.2 Å². The molecule has 7 heteroatoms. The van der Waals surface area contributed by atoms with Crippen LogP contribution < -0.4 is 5.32 Å². The van der Waals surface area contributed by atoms with E-state index in [9.17, 15) is 14.7 Å². The van der Waals surface area contributed by atoms with Gasteiger partial charge >= 0.3 is 0 Å². The van der Waals surface area contributed by atoms with Gasteiger partial charge in [-0.2, -0.15) is 0 Å². The Kier molecular flexibility index (Phi) is 7.08. The Morgan fingerprint density at radius 3 is 2.39 bits per heavy atom. The van der Waals surface area contributed by atoms with Crippen LogP contribution in [0.15, 0.2) is 59.8 Å². The van der Waals surface area contributed by atoms with Gasteiger partial charge in [-0.25, -0.2) is 0 Å². The number of carbonyl (C=O) groups is 2. The Balaban J connectivity index is 1.48. The monoisotopic (exact) mass is 449 g/mol. The van der Waals surface area contributed by atoms with Gasteiger partial charge in [0, 0.05) is 18.5 Å². The first-order valence-corrected chi connectivity index (χ1v) is 11.5. The summed E-state index contributed by atoms with van der Waals surface area (Å²) in [6.07, 6.45) is 4.72. The van der Waals surface area contributed by atoms with Crippen LogP contribution in [0.2, 0.25) is 0 Å². The molecule has 1 aliphatic heterocycles. The lowest BCUT2D eigenvalue weighted by atomic mass is 9.85. The lowest BCUT2D eigenvalue weighted by Crippen LogP contribution is -2.50. The number of hydrogen-bond acceptors (Lipinski definition) is 5. The molecule has 33 heavy (non-hydrogen) atoms. The van der Waals surface area contributed by atoms with Crippen LogP contribution in [0, 0.1) is 0 Å². The lowest BCUT2D eigenvalue weighted by Gasteiger charge is -2.33. The molecule has 174 valence electrons. The zero-order valence-electron chi connectivity index (χ0n) is 19.0. The molecule has 1 atom stereocenters. The van der Waals surface area contributed by atoms with Gasteiger partial charge in [-0.1, -0.05) is 66.9 Å². The molecule has 0 unspecified atom stereocenters. The normalized spacial score (nSPS) is 21.1. The van der Waals surface area contributed by atoms with Crippen LogP contribution in [0.25, 0.3) is 11.1 Å². The van der Waals surface area contributed by atoms with Gasteiger partial charge in [0.25, 0.3) is 5.91 Å². The van der Waals surface area contributed by atoms with Crippen molar-refractivity contribution in [2.75, 3.05) is 20.2 Å². The molecule has 2 aromatic carbocycles. The molecule has 0 spiro atoms. The van der Waals surface area contributed by atoms with E-state index >= 15 is 0 Å². The Bertz CT molecular complexity index is 998. The van der Waals surface area contributed by atoms with E-state index in [0.717, 1.165) is 30.4 Å². The fourth-order valence-electron chi connectivity index (χ4n) is 4.71. The number of benzene rings is 2. The Labute approximate surface area is 194 Å². The first kappa shape index (κ1) is 23.0. The maximum Gasteiger partial charge on any atom is 0.254 e. The molecule has 2 aliphatic rings. The summed E-state index contributed by atoms with van der Waals surface area (Å²) in [6.45, 7) is 0.433. The molecular formula is C26H31N3O4. The summed E-state index contributed by atoms with van der Waals surface area (Å²) in [7, 11) is 1.45. The number of oxime groups is 1. The van der Waals surface area contributed by atoms with Crippen LogP contribution in [0.1, 0.15) is 48.9 Å². The first-order valence-electron chi connectivity index (χ1n) is 11.5. The zero-order chi connectivity index (χ0) is 23.3. The van der Waals surface area contributed by atoms with Crippen molar-refractivity contribution in [1.82, 2.24) is 10.2 Å². The molecule has 0 radical (unpaired) electrons. The van der Waals surface area contributed by atoms with E-state index in [4.69, 9.17) is 4.84 Å². The van der Waals surface area contributed by atoms with E-state index < -0.39 is 11.6 Å². The van der Waals surface area contributed by atoms with Gasteiger partial charge in [-0.15, -0.1) is 0 Å². The number of likely N-dealkylation sites (tertiary alicyclic amines) is 1. The second kappa shape index (κ2) is 10.2. The van der Waals surface area contributed by atoms with Crippen molar-refractivity contribution in [2.24, 2.45) is 5.16 Å². The molecule has 1 heterocycles. The molecule has 1 saturated heterocycles. The van der Waals surface area contributed by atoms with Gasteiger partial charge in [-0.3, -0.25) is 9.59 Å². The van der Waals surface area contributed by atoms with E-state index in [-0.39, 0.29) is 24.9 Å². The number of rotatable bonds is 6. The number of nitrogens with one attached hydrogen (secondary N) is 1. The minimum Gasteiger partial charge on any atom is -0.399 e. The van der Waals surface area contributed by atoms with Gasteiger partial charge in [0.2, 0.25) is 5.91 Å². The van der Waals surface area contributed by atoms with Crippen molar-refractivity contribution in [3.8, 4) is 11.1 Å². The van der Waals surface area contributed by atoms with E-state index in [1.807, 2.05) is 42.5 Å². The quantitative estimate of drug-likeness (QED) is 0.662. The smallest absolute Gasteiger partial charge is 0.254 e. The molecule has 1 saturated carbocycles. The minimum absolute atomic E-state index is 0.201. The molecule has 4 rings (SSSR count). The summed E-state index contributed by atoms with van der Waals surface area (Å²) < 4.78 is 0. The molecule has 0 aromatic heterocycles. The summed E-state index contributed by atoms with van der Waals surface area (Å²) >= 11 is 0. The fraction of sp³-hybridized carbons (Fsp3) is 0.423. The highest BCUT2D eigenvalue weighted by Crippen LogP contribution is 2.28. The topological polar surface area (TPSA) is 91.2 Å². The number of nitrogens with zero attached hydrogens (tertiary/aromatic N) is 2. The fourth-order valence-corrected chi connectivity index (χ4v) is 4.71. The van der Waals surface area contributed by atoms with Crippen LogP contribution in [-0.4, -0.2) is 59.4 Å². The predicted molar refractivity (Wildman–Crippen MR) is 127 cm³/mol. The van der Waals surface area contributed by atoms with Crippen molar-refractivity contribution >= 4 is 17.5 Å². The van der Waals surface area contributed by atoms with Gasteiger partial charge in [0.15, 0.2) is 0 Å². The second-order valence-corrected chi connectivity index (χ2v) is 8.94. The maximum absolute atomic E-state index is 13.3. The van der Waals surface area contributed by atoms with E-state index in [2.05, 4.69) is 10.5 Å². The lowest BCUT2D eigenvalue weighted by molar-refractivity contribution is -0.126. The third kappa shape index (κ3) is 5.42. The molecule has 2 N–H and O–H groups in total. The van der Waals surface area contributed by atoms with Crippen molar-refractivity contribution < 1.29 is 19.5 Å². The summed E-state index contributed by atoms with van der Waals surface area (Å²) in [5.41, 5.74) is 2.38. The van der Waals surface area contributed by atoms with E-state index in [1.54, 1.807) is 12.1 Å². The number of hydrogen-bond donors (Lipinski definition) is 2. The number of amides is 2. The summed E-state index contributed by atoms with van der Waals surface area (Å²) in [4.78, 5) is 32.8. The van der Waals surface area contributed by atoms with Crippen LogP contribution in [0.4, 0.5) is 0 Å². The standard InChI is InChI=1S/C26H31N3O4/c1-33-28-22-16-23(24(30)27-18-26(32)14-6-3-7-15-26)29(17-22)25(31)21-12-10-20(11-13-21)19-8-4-2-5-9-19/h2,4-5,8-13,23,32H,3,6-7,14-18H2,1H3,(H,27,30)/b28-22+/t23-/m0/s1. The number of aliphatic hydroxyl groups is 1. The summed E-state index contributed by atoms with van der Waals surface area (Å²) in [5, 5.41) is 17.6. The van der Waals surface area contributed by atoms with Crippen molar-refractivity contribution in [1.29, 1.82) is 0 Å². The number of carbonyl (C=O) groups excluding carboxylic acids is 2. The molecule has 1 aliphatic carbocycles. The summed E-state index contributed by atoms with van der Waals surface area (Å²) in [5.74, 6) is -0.503. The van der Waals surface area contributed by atoms with Crippen LogP contribution in [0.5, 0.6) is 0 Å². The maximum atomic E-state index is 13.3. The SMILES string of the molecule is CO/N=C1\C[C@@H](C(=O)NCC2(O)CCCCC2)N(C(=O)c2ccc(-c3ccccc3)cc2)C1.